The van der Waals surface area contributed by atoms with Gasteiger partial charge in [-0.05, 0) is 24.8 Å². The van der Waals surface area contributed by atoms with Gasteiger partial charge in [0, 0.05) is 0 Å². The molecule has 0 spiro atoms. The van der Waals surface area contributed by atoms with E-state index in [0.29, 0.717) is 0 Å². The molecule has 0 heterocycles. The van der Waals surface area contributed by atoms with E-state index in [1.807, 2.05) is 0 Å². The molecule has 3 nitrogen and oxygen atoms in total. The zero-order valence-electron chi connectivity index (χ0n) is 4.56. The van der Waals surface area contributed by atoms with Gasteiger partial charge in [0.1, 0.15) is 0 Å². The minimum Gasteiger partial charge on any atom is -0.502 e. The van der Waals surface area contributed by atoms with Gasteiger partial charge in [0.25, 0.3) is 0 Å². The van der Waals surface area contributed by atoms with Crippen LogP contribution < -0.4 is 0 Å². The molecule has 9 heavy (non-hydrogen) atoms. The molecule has 0 rings (SSSR count). The summed E-state index contributed by atoms with van der Waals surface area (Å²) in [6.45, 7) is 5.94. The molecule has 1 N–H and O–H groups in total. The summed E-state index contributed by atoms with van der Waals surface area (Å²) in [4.78, 5) is 10.2. The van der Waals surface area contributed by atoms with Crippen molar-refractivity contribution in [3.63, 3.8) is 0 Å². The van der Waals surface area contributed by atoms with E-state index in [0.717, 1.165) is 0 Å². The van der Waals surface area contributed by atoms with E-state index in [4.69, 9.17) is 16.7 Å². The lowest BCUT2D eigenvalue weighted by Gasteiger charge is -1.96. The summed E-state index contributed by atoms with van der Waals surface area (Å²) in [5, 5.41) is 8.00. The van der Waals surface area contributed by atoms with Crippen molar-refractivity contribution in [2.45, 2.75) is 0 Å². The van der Waals surface area contributed by atoms with Crippen LogP contribution in [0.2, 0.25) is 0 Å². The molecule has 0 aromatic heterocycles. The van der Waals surface area contributed by atoms with Crippen molar-refractivity contribution in [3.8, 4) is 0 Å². The molecule has 0 amide bonds. The van der Waals surface area contributed by atoms with Crippen LogP contribution in [0.1, 0.15) is 0 Å². The molecule has 4 heteroatoms. The van der Waals surface area contributed by atoms with Gasteiger partial charge >= 0.3 is 5.97 Å². The molecule has 0 atom stereocenters. The predicted molar refractivity (Wildman–Crippen MR) is 32.9 cm³/mol. The first-order valence-corrected chi connectivity index (χ1v) is 2.36. The molecule has 0 fully saturated rings. The van der Waals surface area contributed by atoms with Crippen LogP contribution in [0.15, 0.2) is 24.1 Å². The molecule has 50 valence electrons. The summed E-state index contributed by atoms with van der Waals surface area (Å²) in [5.74, 6) is -1.69. The molecular weight excluding hydrogens is 144 g/mol. The van der Waals surface area contributed by atoms with Gasteiger partial charge in [0.2, 0.25) is 0 Å². The molecule has 0 aliphatic rings. The second kappa shape index (κ2) is 3.14. The van der Waals surface area contributed by atoms with Crippen molar-refractivity contribution < 1.29 is 14.6 Å². The minimum absolute atomic E-state index is 0.296. The molecular formula is C5H5ClO3. The maximum atomic E-state index is 10.2. The maximum Gasteiger partial charge on any atom is 0.378 e. The highest BCUT2D eigenvalue weighted by Gasteiger charge is 2.05. The van der Waals surface area contributed by atoms with Crippen molar-refractivity contribution in [1.29, 1.82) is 0 Å². The third-order valence-corrected chi connectivity index (χ3v) is 0.516. The lowest BCUT2D eigenvalue weighted by atomic mass is 10.6. The van der Waals surface area contributed by atoms with Crippen molar-refractivity contribution in [2.75, 3.05) is 0 Å². The largest absolute Gasteiger partial charge is 0.502 e. The summed E-state index contributed by atoms with van der Waals surface area (Å²) >= 11 is 5.03. The highest BCUT2D eigenvalue weighted by Crippen LogP contribution is 2.01. The van der Waals surface area contributed by atoms with Gasteiger partial charge < -0.3 is 9.84 Å². The van der Waals surface area contributed by atoms with Crippen molar-refractivity contribution in [3.05, 3.63) is 24.1 Å². The Morgan fingerprint density at radius 3 is 2.11 bits per heavy atom. The fraction of sp³-hybridized carbons (Fsp3) is 0. The van der Waals surface area contributed by atoms with Crippen LogP contribution in [0.25, 0.3) is 0 Å². The number of carbonyl (C=O) groups is 1. The zero-order valence-corrected chi connectivity index (χ0v) is 5.31. The Bertz CT molecular complexity index is 162. The first-order valence-electron chi connectivity index (χ1n) is 1.98. The second-order valence-corrected chi connectivity index (χ2v) is 1.61. The SMILES string of the molecule is C=C(Cl)OC(=O)C(=C)O. The number of aliphatic hydroxyl groups excluding tert-OH is 1. The van der Waals surface area contributed by atoms with E-state index >= 15 is 0 Å². The quantitative estimate of drug-likeness (QED) is 0.365. The highest BCUT2D eigenvalue weighted by atomic mass is 35.5. The van der Waals surface area contributed by atoms with Gasteiger partial charge in [-0.2, -0.15) is 0 Å². The third-order valence-electron chi connectivity index (χ3n) is 0.439. The Labute approximate surface area is 57.2 Å². The lowest BCUT2D eigenvalue weighted by Crippen LogP contribution is -2.02. The van der Waals surface area contributed by atoms with Crippen LogP contribution in [0.3, 0.4) is 0 Å². The van der Waals surface area contributed by atoms with E-state index in [1.54, 1.807) is 0 Å². The third kappa shape index (κ3) is 3.61. The van der Waals surface area contributed by atoms with Crippen LogP contribution >= 0.6 is 11.6 Å². The molecule has 0 bridgehead atoms. The Balaban J connectivity index is 3.79. The fourth-order valence-corrected chi connectivity index (χ4v) is 0.230. The van der Waals surface area contributed by atoms with Gasteiger partial charge in [-0.3, -0.25) is 0 Å². The highest BCUT2D eigenvalue weighted by molar-refractivity contribution is 6.28. The summed E-state index contributed by atoms with van der Waals surface area (Å²) in [6, 6.07) is 0. The van der Waals surface area contributed by atoms with E-state index in [1.165, 1.54) is 0 Å². The maximum absolute atomic E-state index is 10.2. The molecule has 0 aliphatic carbocycles. The molecule has 0 aromatic rings. The molecule has 0 radical (unpaired) electrons. The molecule has 0 unspecified atom stereocenters. The Kier molecular flexibility index (Phi) is 2.81. The first kappa shape index (κ1) is 8.04. The monoisotopic (exact) mass is 148 g/mol. The molecule has 0 aromatic carbocycles. The number of hydrogen-bond donors (Lipinski definition) is 1. The smallest absolute Gasteiger partial charge is 0.378 e. The van der Waals surface area contributed by atoms with E-state index in [9.17, 15) is 4.79 Å². The van der Waals surface area contributed by atoms with E-state index in [-0.39, 0.29) is 5.22 Å². The van der Waals surface area contributed by atoms with Crippen LogP contribution in [0.5, 0.6) is 0 Å². The van der Waals surface area contributed by atoms with Crippen molar-refractivity contribution in [1.82, 2.24) is 0 Å². The standard InChI is InChI=1S/C5H5ClO3/c1-3(7)5(8)9-4(2)6/h7H,1-2H2. The summed E-state index contributed by atoms with van der Waals surface area (Å²) in [7, 11) is 0. The topological polar surface area (TPSA) is 46.5 Å². The van der Waals surface area contributed by atoms with Crippen LogP contribution in [-0.4, -0.2) is 11.1 Å². The number of aliphatic hydroxyl groups is 1. The number of rotatable bonds is 2. The minimum atomic E-state index is -0.991. The molecule has 0 aliphatic heterocycles. The number of halogens is 1. The van der Waals surface area contributed by atoms with Gasteiger partial charge in [0.05, 0.1) is 0 Å². The number of esters is 1. The number of hydrogen-bond acceptors (Lipinski definition) is 3. The predicted octanol–water partition coefficient (Wildman–Crippen LogP) is 1.31. The fourth-order valence-electron chi connectivity index (χ4n) is 0.159. The molecule has 0 saturated heterocycles. The van der Waals surface area contributed by atoms with Gasteiger partial charge in [0.15, 0.2) is 11.0 Å². The zero-order chi connectivity index (χ0) is 7.44. The van der Waals surface area contributed by atoms with Crippen molar-refractivity contribution >= 4 is 17.6 Å². The Morgan fingerprint density at radius 1 is 1.56 bits per heavy atom. The van der Waals surface area contributed by atoms with Crippen LogP contribution in [0.4, 0.5) is 0 Å². The van der Waals surface area contributed by atoms with Crippen LogP contribution in [0, 0.1) is 0 Å². The van der Waals surface area contributed by atoms with Crippen LogP contribution in [-0.2, 0) is 9.53 Å². The average Bonchev–Trinajstić information content (AvgIpc) is 1.63. The summed E-state index contributed by atoms with van der Waals surface area (Å²) in [6.07, 6.45) is 0. The second-order valence-electron chi connectivity index (χ2n) is 1.19. The molecule has 0 saturated carbocycles. The van der Waals surface area contributed by atoms with Gasteiger partial charge in [-0.1, -0.05) is 0 Å². The lowest BCUT2D eigenvalue weighted by molar-refractivity contribution is -0.136. The number of ether oxygens (including phenoxy) is 1. The van der Waals surface area contributed by atoms with Gasteiger partial charge in [-0.25, -0.2) is 4.79 Å². The van der Waals surface area contributed by atoms with Gasteiger partial charge in [-0.15, -0.1) is 0 Å². The first-order chi connectivity index (χ1) is 4.04. The normalized spacial score (nSPS) is 8.11. The Hall–Kier alpha value is -0.960. The summed E-state index contributed by atoms with van der Waals surface area (Å²) in [5.41, 5.74) is 0. The van der Waals surface area contributed by atoms with Crippen molar-refractivity contribution in [2.24, 2.45) is 0 Å². The summed E-state index contributed by atoms with van der Waals surface area (Å²) < 4.78 is 4.09. The Morgan fingerprint density at radius 2 is 2.00 bits per heavy atom. The number of carbonyl (C=O) groups excluding carboxylic acids is 1. The van der Waals surface area contributed by atoms with E-state index in [2.05, 4.69) is 17.9 Å². The average molecular weight is 149 g/mol. The van der Waals surface area contributed by atoms with E-state index < -0.39 is 11.7 Å².